The number of rotatable bonds is 5. The molecular weight excluding hydrogens is 398 g/mol. The smallest absolute Gasteiger partial charge is 0.332 e. The van der Waals surface area contributed by atoms with Crippen molar-refractivity contribution in [1.29, 1.82) is 0 Å². The van der Waals surface area contributed by atoms with E-state index in [1.807, 2.05) is 24.3 Å². The van der Waals surface area contributed by atoms with Gasteiger partial charge in [-0.05, 0) is 41.3 Å². The highest BCUT2D eigenvalue weighted by Gasteiger charge is 2.47. The van der Waals surface area contributed by atoms with Crippen LogP contribution in [0.25, 0.3) is 0 Å². The molecule has 2 aliphatic heterocycles. The average Bonchev–Trinajstić information content (AvgIpc) is 2.99. The van der Waals surface area contributed by atoms with Crippen molar-refractivity contribution in [3.63, 3.8) is 0 Å². The minimum absolute atomic E-state index is 0.250. The number of imide groups is 1. The Kier molecular flexibility index (Phi) is 5.22. The second-order valence-electron chi connectivity index (χ2n) is 8.15. The number of nitrogens with one attached hydrogen (secondary N) is 1. The van der Waals surface area contributed by atoms with Crippen LogP contribution in [0.5, 0.6) is 0 Å². The normalized spacial score (nSPS) is 18.6. The van der Waals surface area contributed by atoms with Crippen LogP contribution in [0.4, 0.5) is 10.5 Å². The van der Waals surface area contributed by atoms with Crippen LogP contribution >= 0.6 is 0 Å². The monoisotopic (exact) mass is 421 g/mol. The van der Waals surface area contributed by atoms with Gasteiger partial charge in [0.1, 0.15) is 12.1 Å². The summed E-state index contributed by atoms with van der Waals surface area (Å²) in [6.45, 7) is 3.80. The van der Waals surface area contributed by atoms with Crippen molar-refractivity contribution in [1.82, 2.24) is 10.2 Å². The second kappa shape index (κ2) is 7.86. The van der Waals surface area contributed by atoms with Crippen LogP contribution in [-0.4, -0.2) is 45.9 Å². The van der Waals surface area contributed by atoms with Crippen LogP contribution in [0, 0.1) is 5.92 Å². The SMILES string of the molecule is CC(C)C(NC(=O)c1ccc(N2C(=O)C3Cc4ccccc4CN3C2=O)cc1)C(=O)O. The molecule has 2 N–H and O–H groups in total. The first kappa shape index (κ1) is 20.6. The molecule has 2 heterocycles. The van der Waals surface area contributed by atoms with Crippen LogP contribution in [0.1, 0.15) is 35.3 Å². The third-order valence-electron chi connectivity index (χ3n) is 5.80. The fourth-order valence-electron chi connectivity index (χ4n) is 4.05. The van der Waals surface area contributed by atoms with E-state index < -0.39 is 24.0 Å². The molecule has 2 aromatic rings. The maximum Gasteiger partial charge on any atom is 0.332 e. The van der Waals surface area contributed by atoms with E-state index in [2.05, 4.69) is 5.32 Å². The topological polar surface area (TPSA) is 107 Å². The van der Waals surface area contributed by atoms with Crippen LogP contribution in [0.2, 0.25) is 0 Å². The zero-order valence-corrected chi connectivity index (χ0v) is 17.2. The Hall–Kier alpha value is -3.68. The molecule has 2 aromatic carbocycles. The van der Waals surface area contributed by atoms with Gasteiger partial charge in [-0.1, -0.05) is 38.1 Å². The zero-order chi connectivity index (χ0) is 22.3. The minimum Gasteiger partial charge on any atom is -0.480 e. The number of hydrogen-bond acceptors (Lipinski definition) is 4. The Morgan fingerprint density at radius 3 is 2.29 bits per heavy atom. The lowest BCUT2D eigenvalue weighted by Gasteiger charge is -2.28. The molecule has 1 saturated heterocycles. The van der Waals surface area contributed by atoms with E-state index in [4.69, 9.17) is 0 Å². The van der Waals surface area contributed by atoms with Crippen LogP contribution in [0.3, 0.4) is 0 Å². The van der Waals surface area contributed by atoms with E-state index in [-0.39, 0.29) is 23.4 Å². The Balaban J connectivity index is 1.52. The first-order valence-corrected chi connectivity index (χ1v) is 10.1. The molecule has 4 amide bonds. The molecule has 0 aromatic heterocycles. The summed E-state index contributed by atoms with van der Waals surface area (Å²) in [6, 6.07) is 11.9. The molecule has 2 aliphatic rings. The Morgan fingerprint density at radius 1 is 1.03 bits per heavy atom. The highest BCUT2D eigenvalue weighted by atomic mass is 16.4. The maximum atomic E-state index is 13.0. The van der Waals surface area contributed by atoms with E-state index >= 15 is 0 Å². The predicted octanol–water partition coefficient (Wildman–Crippen LogP) is 2.42. The summed E-state index contributed by atoms with van der Waals surface area (Å²) in [5.74, 6) is -2.20. The molecule has 0 radical (unpaired) electrons. The quantitative estimate of drug-likeness (QED) is 0.721. The van der Waals surface area contributed by atoms with Crippen molar-refractivity contribution in [2.45, 2.75) is 38.9 Å². The van der Waals surface area contributed by atoms with Crippen LogP contribution < -0.4 is 10.2 Å². The molecule has 31 heavy (non-hydrogen) atoms. The lowest BCUT2D eigenvalue weighted by molar-refractivity contribution is -0.140. The number of anilines is 1. The molecule has 160 valence electrons. The Morgan fingerprint density at radius 2 is 1.68 bits per heavy atom. The summed E-state index contributed by atoms with van der Waals surface area (Å²) in [5.41, 5.74) is 2.73. The van der Waals surface area contributed by atoms with Gasteiger partial charge in [-0.2, -0.15) is 0 Å². The maximum absolute atomic E-state index is 13.0. The molecule has 8 heteroatoms. The summed E-state index contributed by atoms with van der Waals surface area (Å²) in [4.78, 5) is 52.4. The van der Waals surface area contributed by atoms with E-state index in [0.717, 1.165) is 16.0 Å². The van der Waals surface area contributed by atoms with Gasteiger partial charge < -0.3 is 15.3 Å². The zero-order valence-electron chi connectivity index (χ0n) is 17.2. The van der Waals surface area contributed by atoms with E-state index in [9.17, 15) is 24.3 Å². The number of fused-ring (bicyclic) bond motifs is 2. The van der Waals surface area contributed by atoms with Crippen LogP contribution in [-0.2, 0) is 22.6 Å². The van der Waals surface area contributed by atoms with Gasteiger partial charge in [-0.15, -0.1) is 0 Å². The molecule has 4 rings (SSSR count). The van der Waals surface area contributed by atoms with Crippen molar-refractivity contribution in [2.75, 3.05) is 4.90 Å². The van der Waals surface area contributed by atoms with Gasteiger partial charge in [0, 0.05) is 18.5 Å². The Labute approximate surface area is 179 Å². The summed E-state index contributed by atoms with van der Waals surface area (Å²) in [7, 11) is 0. The largest absolute Gasteiger partial charge is 0.480 e. The first-order chi connectivity index (χ1) is 14.8. The number of urea groups is 1. The standard InChI is InChI=1S/C23H23N3O5/c1-13(2)19(22(29)30)24-20(27)14-7-9-17(10-8-14)26-21(28)18-11-15-5-3-4-6-16(15)12-25(18)23(26)31/h3-10,13,18-19H,11-12H2,1-2H3,(H,24,27)(H,29,30). The van der Waals surface area contributed by atoms with E-state index in [1.165, 1.54) is 24.3 Å². The van der Waals surface area contributed by atoms with Crippen molar-refractivity contribution in [2.24, 2.45) is 5.92 Å². The third kappa shape index (κ3) is 3.65. The third-order valence-corrected chi connectivity index (χ3v) is 5.80. The highest BCUT2D eigenvalue weighted by molar-refractivity contribution is 6.21. The number of amides is 4. The summed E-state index contributed by atoms with van der Waals surface area (Å²) in [5, 5.41) is 11.7. The molecule has 2 atom stereocenters. The number of aliphatic carboxylic acids is 1. The van der Waals surface area contributed by atoms with Gasteiger partial charge in [0.2, 0.25) is 0 Å². The predicted molar refractivity (Wildman–Crippen MR) is 113 cm³/mol. The lowest BCUT2D eigenvalue weighted by Crippen LogP contribution is -2.44. The summed E-state index contributed by atoms with van der Waals surface area (Å²) in [6.07, 6.45) is 0.476. The van der Waals surface area contributed by atoms with Crippen molar-refractivity contribution in [3.8, 4) is 0 Å². The number of nitrogens with zero attached hydrogens (tertiary/aromatic N) is 2. The van der Waals surface area contributed by atoms with Crippen molar-refractivity contribution < 1.29 is 24.3 Å². The summed E-state index contributed by atoms with van der Waals surface area (Å²) >= 11 is 0. The lowest BCUT2D eigenvalue weighted by atomic mass is 9.95. The molecule has 2 unspecified atom stereocenters. The number of carboxylic acid groups (broad SMARTS) is 1. The van der Waals surface area contributed by atoms with Gasteiger partial charge in [0.05, 0.1) is 5.69 Å². The van der Waals surface area contributed by atoms with Gasteiger partial charge >= 0.3 is 12.0 Å². The number of carbonyl (C=O) groups excluding carboxylic acids is 3. The van der Waals surface area contributed by atoms with Crippen molar-refractivity contribution >= 4 is 29.5 Å². The fraction of sp³-hybridized carbons (Fsp3) is 0.304. The highest BCUT2D eigenvalue weighted by Crippen LogP contribution is 2.32. The molecule has 1 fully saturated rings. The van der Waals surface area contributed by atoms with Gasteiger partial charge in [0.15, 0.2) is 0 Å². The van der Waals surface area contributed by atoms with Gasteiger partial charge in [0.25, 0.3) is 11.8 Å². The van der Waals surface area contributed by atoms with Gasteiger partial charge in [-0.25, -0.2) is 14.5 Å². The summed E-state index contributed by atoms with van der Waals surface area (Å²) < 4.78 is 0. The number of carboxylic acids is 1. The fourth-order valence-corrected chi connectivity index (χ4v) is 4.05. The van der Waals surface area contributed by atoms with E-state index in [0.29, 0.717) is 18.7 Å². The van der Waals surface area contributed by atoms with Gasteiger partial charge in [-0.3, -0.25) is 9.59 Å². The number of carbonyl (C=O) groups is 4. The average molecular weight is 421 g/mol. The molecule has 0 saturated carbocycles. The molecule has 8 nitrogen and oxygen atoms in total. The molecule has 0 aliphatic carbocycles. The van der Waals surface area contributed by atoms with Crippen molar-refractivity contribution in [3.05, 3.63) is 65.2 Å². The minimum atomic E-state index is -1.11. The molecular formula is C23H23N3O5. The number of benzene rings is 2. The molecule has 0 bridgehead atoms. The Bertz CT molecular complexity index is 1020. The molecule has 0 spiro atoms. The first-order valence-electron chi connectivity index (χ1n) is 10.1. The van der Waals surface area contributed by atoms with E-state index in [1.54, 1.807) is 18.7 Å². The second-order valence-corrected chi connectivity index (χ2v) is 8.15. The van der Waals surface area contributed by atoms with Crippen LogP contribution in [0.15, 0.2) is 48.5 Å². The number of hydrogen-bond donors (Lipinski definition) is 2.